The standard InChI is InChI=1S/C10H16/c1-5-8-10(7-3)9(4)6-2/h5,7-9H,1,3,6H2,2,4H3/b10-8+. The third kappa shape index (κ3) is 2.67. The van der Waals surface area contributed by atoms with Crippen molar-refractivity contribution in [2.24, 2.45) is 5.92 Å². The highest BCUT2D eigenvalue weighted by Gasteiger charge is 1.99. The molecule has 0 bridgehead atoms. The van der Waals surface area contributed by atoms with Crippen LogP contribution in [0, 0.1) is 5.92 Å². The summed E-state index contributed by atoms with van der Waals surface area (Å²) in [5.41, 5.74) is 1.28. The van der Waals surface area contributed by atoms with Crippen molar-refractivity contribution in [1.29, 1.82) is 0 Å². The topological polar surface area (TPSA) is 0 Å². The summed E-state index contributed by atoms with van der Waals surface area (Å²) in [5, 5.41) is 0. The van der Waals surface area contributed by atoms with Gasteiger partial charge in [0.05, 0.1) is 0 Å². The summed E-state index contributed by atoms with van der Waals surface area (Å²) in [6.07, 6.45) is 6.88. The van der Waals surface area contributed by atoms with Crippen LogP contribution in [0.4, 0.5) is 0 Å². The van der Waals surface area contributed by atoms with Gasteiger partial charge < -0.3 is 0 Å². The van der Waals surface area contributed by atoms with Gasteiger partial charge in [-0.2, -0.15) is 0 Å². The van der Waals surface area contributed by atoms with Gasteiger partial charge in [0.25, 0.3) is 0 Å². The number of hydrogen-bond donors (Lipinski definition) is 0. The van der Waals surface area contributed by atoms with Gasteiger partial charge in [0, 0.05) is 0 Å². The van der Waals surface area contributed by atoms with Crippen LogP contribution >= 0.6 is 0 Å². The molecular formula is C10H16. The van der Waals surface area contributed by atoms with E-state index in [-0.39, 0.29) is 0 Å². The lowest BCUT2D eigenvalue weighted by Gasteiger charge is -2.07. The molecule has 0 amide bonds. The van der Waals surface area contributed by atoms with E-state index in [2.05, 4.69) is 27.0 Å². The summed E-state index contributed by atoms with van der Waals surface area (Å²) in [4.78, 5) is 0. The molecule has 0 spiro atoms. The molecule has 0 heterocycles. The maximum Gasteiger partial charge on any atom is -0.0193 e. The van der Waals surface area contributed by atoms with E-state index in [4.69, 9.17) is 0 Å². The molecule has 0 N–H and O–H groups in total. The molecule has 0 aromatic heterocycles. The fraction of sp³-hybridized carbons (Fsp3) is 0.400. The molecule has 0 nitrogen and oxygen atoms in total. The van der Waals surface area contributed by atoms with Gasteiger partial charge in [-0.1, -0.05) is 45.2 Å². The third-order valence-electron chi connectivity index (χ3n) is 1.73. The molecule has 1 atom stereocenters. The summed E-state index contributed by atoms with van der Waals surface area (Å²) in [6.45, 7) is 11.7. The Kier molecular flexibility index (Phi) is 4.65. The molecule has 0 rings (SSSR count). The maximum absolute atomic E-state index is 3.73. The molecule has 0 radical (unpaired) electrons. The molecule has 0 aliphatic rings. The van der Waals surface area contributed by atoms with Crippen molar-refractivity contribution in [3.05, 3.63) is 37.0 Å². The minimum Gasteiger partial charge on any atom is -0.0991 e. The maximum atomic E-state index is 3.73. The molecule has 0 saturated carbocycles. The van der Waals surface area contributed by atoms with Crippen LogP contribution in [0.25, 0.3) is 0 Å². The van der Waals surface area contributed by atoms with Crippen molar-refractivity contribution in [3.8, 4) is 0 Å². The zero-order valence-corrected chi connectivity index (χ0v) is 6.93. The number of rotatable bonds is 4. The van der Waals surface area contributed by atoms with Gasteiger partial charge in [0.1, 0.15) is 0 Å². The van der Waals surface area contributed by atoms with Crippen molar-refractivity contribution < 1.29 is 0 Å². The Labute approximate surface area is 64.0 Å². The first-order valence-electron chi connectivity index (χ1n) is 3.71. The highest BCUT2D eigenvalue weighted by atomic mass is 14.0. The van der Waals surface area contributed by atoms with E-state index >= 15 is 0 Å². The molecule has 0 fully saturated rings. The van der Waals surface area contributed by atoms with Gasteiger partial charge in [0.2, 0.25) is 0 Å². The van der Waals surface area contributed by atoms with Crippen LogP contribution < -0.4 is 0 Å². The lowest BCUT2D eigenvalue weighted by atomic mass is 9.98. The van der Waals surface area contributed by atoms with Gasteiger partial charge in [-0.25, -0.2) is 0 Å². The van der Waals surface area contributed by atoms with E-state index in [0.717, 1.165) is 6.42 Å². The molecule has 0 saturated heterocycles. The van der Waals surface area contributed by atoms with E-state index in [1.54, 1.807) is 0 Å². The highest BCUT2D eigenvalue weighted by molar-refractivity contribution is 5.22. The van der Waals surface area contributed by atoms with Gasteiger partial charge in [-0.15, -0.1) is 0 Å². The largest absolute Gasteiger partial charge is 0.0991 e. The van der Waals surface area contributed by atoms with Crippen LogP contribution in [0.3, 0.4) is 0 Å². The Morgan fingerprint density at radius 1 is 1.50 bits per heavy atom. The van der Waals surface area contributed by atoms with Crippen molar-refractivity contribution in [1.82, 2.24) is 0 Å². The summed E-state index contributed by atoms with van der Waals surface area (Å²) < 4.78 is 0. The normalized spacial score (nSPS) is 14.4. The van der Waals surface area contributed by atoms with Crippen molar-refractivity contribution in [2.75, 3.05) is 0 Å². The second-order valence-corrected chi connectivity index (χ2v) is 2.42. The molecule has 1 unspecified atom stereocenters. The quantitative estimate of drug-likeness (QED) is 0.520. The van der Waals surface area contributed by atoms with Crippen LogP contribution in [0.2, 0.25) is 0 Å². The van der Waals surface area contributed by atoms with Gasteiger partial charge in [0.15, 0.2) is 0 Å². The predicted octanol–water partition coefficient (Wildman–Crippen LogP) is 3.33. The molecule has 0 aromatic rings. The van der Waals surface area contributed by atoms with Gasteiger partial charge >= 0.3 is 0 Å². The predicted molar refractivity (Wildman–Crippen MR) is 47.9 cm³/mol. The average Bonchev–Trinajstić information content (AvgIpc) is 1.99. The van der Waals surface area contributed by atoms with Crippen LogP contribution in [0.15, 0.2) is 37.0 Å². The minimum absolute atomic E-state index is 0.607. The first-order valence-corrected chi connectivity index (χ1v) is 3.71. The van der Waals surface area contributed by atoms with E-state index < -0.39 is 0 Å². The van der Waals surface area contributed by atoms with E-state index in [1.165, 1.54) is 5.57 Å². The highest BCUT2D eigenvalue weighted by Crippen LogP contribution is 2.14. The summed E-state index contributed by atoms with van der Waals surface area (Å²) in [7, 11) is 0. The third-order valence-corrected chi connectivity index (χ3v) is 1.73. The second-order valence-electron chi connectivity index (χ2n) is 2.42. The molecule has 0 aliphatic carbocycles. The summed E-state index contributed by atoms with van der Waals surface area (Å²) in [5.74, 6) is 0.607. The molecule has 0 heteroatoms. The summed E-state index contributed by atoms with van der Waals surface area (Å²) in [6, 6.07) is 0. The van der Waals surface area contributed by atoms with Crippen molar-refractivity contribution in [3.63, 3.8) is 0 Å². The van der Waals surface area contributed by atoms with Crippen LogP contribution in [-0.4, -0.2) is 0 Å². The molecule has 0 aromatic carbocycles. The Bertz CT molecular complexity index is 140. The Morgan fingerprint density at radius 2 is 2.10 bits per heavy atom. The molecule has 0 aliphatic heterocycles. The zero-order chi connectivity index (χ0) is 7.98. The first kappa shape index (κ1) is 9.22. The fourth-order valence-electron chi connectivity index (χ4n) is 0.805. The Balaban J connectivity index is 4.18. The lowest BCUT2D eigenvalue weighted by Crippen LogP contribution is -1.93. The summed E-state index contributed by atoms with van der Waals surface area (Å²) >= 11 is 0. The number of hydrogen-bond acceptors (Lipinski definition) is 0. The SMILES string of the molecule is C=C/C=C(\C=C)C(C)CC. The zero-order valence-electron chi connectivity index (χ0n) is 6.93. The van der Waals surface area contributed by atoms with Crippen molar-refractivity contribution >= 4 is 0 Å². The smallest absolute Gasteiger partial charge is 0.0193 e. The molecular weight excluding hydrogens is 120 g/mol. The fourth-order valence-corrected chi connectivity index (χ4v) is 0.805. The van der Waals surface area contributed by atoms with E-state index in [0.29, 0.717) is 5.92 Å². The van der Waals surface area contributed by atoms with Crippen molar-refractivity contribution in [2.45, 2.75) is 20.3 Å². The Hall–Kier alpha value is -0.780. The van der Waals surface area contributed by atoms with Crippen LogP contribution in [-0.2, 0) is 0 Å². The van der Waals surface area contributed by atoms with Gasteiger partial charge in [-0.3, -0.25) is 0 Å². The van der Waals surface area contributed by atoms with Crippen LogP contribution in [0.5, 0.6) is 0 Å². The van der Waals surface area contributed by atoms with Crippen LogP contribution in [0.1, 0.15) is 20.3 Å². The number of allylic oxidation sites excluding steroid dienone is 4. The lowest BCUT2D eigenvalue weighted by molar-refractivity contribution is 0.671. The molecule has 56 valence electrons. The Morgan fingerprint density at radius 3 is 2.40 bits per heavy atom. The average molecular weight is 136 g/mol. The first-order chi connectivity index (χ1) is 4.76. The minimum atomic E-state index is 0.607. The molecule has 10 heavy (non-hydrogen) atoms. The monoisotopic (exact) mass is 136 g/mol. The van der Waals surface area contributed by atoms with E-state index in [9.17, 15) is 0 Å². The second kappa shape index (κ2) is 5.04. The van der Waals surface area contributed by atoms with Gasteiger partial charge in [-0.05, 0) is 17.9 Å². The van der Waals surface area contributed by atoms with E-state index in [1.807, 2.05) is 18.2 Å².